The van der Waals surface area contributed by atoms with Crippen molar-refractivity contribution in [3.8, 4) is 6.07 Å². The van der Waals surface area contributed by atoms with Gasteiger partial charge in [-0.2, -0.15) is 5.26 Å². The largest absolute Gasteiger partial charge is 0.456 e. The third-order valence-corrected chi connectivity index (χ3v) is 13.2. The zero-order valence-corrected chi connectivity index (χ0v) is 37.2. The molecule has 2 bridgehead atoms. The van der Waals surface area contributed by atoms with Crippen molar-refractivity contribution in [2.75, 3.05) is 34.5 Å². The van der Waals surface area contributed by atoms with Crippen LogP contribution in [0, 0.1) is 40.9 Å². The number of carbonyl (C=O) groups is 3. The molecule has 15 heteroatoms. The highest BCUT2D eigenvalue weighted by Gasteiger charge is 2.56. The molecule has 1 aliphatic carbocycles. The fourth-order valence-corrected chi connectivity index (χ4v) is 9.66. The number of hydrogen-bond donors (Lipinski definition) is 3. The lowest BCUT2D eigenvalue weighted by Gasteiger charge is -2.47. The summed E-state index contributed by atoms with van der Waals surface area (Å²) in [6.45, 7) is 11.2. The quantitative estimate of drug-likeness (QED) is 0.0989. The third-order valence-electron chi connectivity index (χ3n) is 13.2. The molecule has 0 unspecified atom stereocenters. The first kappa shape index (κ1) is 49.4. The van der Waals surface area contributed by atoms with Gasteiger partial charge in [0, 0.05) is 52.0 Å². The second kappa shape index (κ2) is 22.7. The highest BCUT2D eigenvalue weighted by Crippen LogP contribution is 2.39. The number of rotatable bonds is 8. The fourth-order valence-electron chi connectivity index (χ4n) is 9.66. The van der Waals surface area contributed by atoms with Crippen LogP contribution in [0.15, 0.2) is 28.5 Å². The van der Waals surface area contributed by atoms with Crippen molar-refractivity contribution >= 4 is 23.4 Å². The Balaban J connectivity index is 1.82. The Labute approximate surface area is 356 Å². The van der Waals surface area contributed by atoms with E-state index < -0.39 is 77.9 Å². The summed E-state index contributed by atoms with van der Waals surface area (Å²) in [5, 5.41) is 48.2. The number of aliphatic hydroxyl groups is 3. The summed E-state index contributed by atoms with van der Waals surface area (Å²) < 4.78 is 30.0. The van der Waals surface area contributed by atoms with Crippen molar-refractivity contribution < 1.29 is 58.2 Å². The van der Waals surface area contributed by atoms with E-state index in [4.69, 9.17) is 28.5 Å². The molecule has 15 nitrogen and oxygen atoms in total. The maximum absolute atomic E-state index is 14.4. The normalized spacial score (nSPS) is 40.0. The summed E-state index contributed by atoms with van der Waals surface area (Å²) in [5.74, 6) is -7.21. The number of nitrogens with zero attached hydrogens (tertiary/aromatic N) is 3. The maximum Gasteiger partial charge on any atom is 0.329 e. The van der Waals surface area contributed by atoms with Gasteiger partial charge in [-0.05, 0) is 95.5 Å². The van der Waals surface area contributed by atoms with Crippen LogP contribution in [0.1, 0.15) is 112 Å². The lowest BCUT2D eigenvalue weighted by molar-refractivity contribution is -0.302. The first-order chi connectivity index (χ1) is 28.5. The van der Waals surface area contributed by atoms with Gasteiger partial charge in [-0.15, -0.1) is 0 Å². The number of aliphatic hydroxyl groups excluding tert-OH is 2. The van der Waals surface area contributed by atoms with Gasteiger partial charge in [0.05, 0.1) is 36.2 Å². The molecule has 0 aromatic rings. The average Bonchev–Trinajstić information content (AvgIpc) is 3.23. The number of amides is 1. The number of Topliss-reactive ketones (excluding diaryl/α,β-unsaturated/α-hetero) is 1. The van der Waals surface area contributed by atoms with Gasteiger partial charge in [0.15, 0.2) is 0 Å². The number of cyclic esters (lactones) is 1. The van der Waals surface area contributed by atoms with E-state index in [0.29, 0.717) is 62.7 Å². The van der Waals surface area contributed by atoms with Crippen molar-refractivity contribution in [3.63, 3.8) is 0 Å². The molecular formula is C45H71N3O12. The summed E-state index contributed by atoms with van der Waals surface area (Å²) >= 11 is 0. The molecule has 4 aliphatic rings. The molecule has 338 valence electrons. The highest BCUT2D eigenvalue weighted by atomic mass is 16.7. The molecule has 14 atom stereocenters. The molecule has 0 aromatic carbocycles. The average molecular weight is 846 g/mol. The molecule has 0 aromatic heterocycles. The number of ether oxygens (including phenoxy) is 5. The number of oxime groups is 1. The predicted molar refractivity (Wildman–Crippen MR) is 222 cm³/mol. The molecule has 1 amide bonds. The summed E-state index contributed by atoms with van der Waals surface area (Å²) in [6, 6.07) is 0.805. The number of piperidine rings is 1. The molecule has 0 radical (unpaired) electrons. The van der Waals surface area contributed by atoms with E-state index in [-0.39, 0.29) is 56.3 Å². The Morgan fingerprint density at radius 3 is 2.32 bits per heavy atom. The standard InChI is InChI=1S/C45H71N3O12/c1-10-32-20-26(2)19-27(3)21-38(56-8)41-39(57-9)23-29(5)45(54,60-41)42(51)43(52)48-17-12-11-13-34(48)44(53)59-40(30(6)36(50)25-33(32)47-58-18-16-46)28(4)22-31-14-15-35(49)37(24-31)55-7/h20,22,27,29-32,34-41,49-50,54H,10-15,17-19,21,23-25H2,1-9H3/b26-20+,28-22+,47-33-/t27-,29+,30+,31-,32+,34-,35+,36-,37+,38-,39-,40+,41+,45+/m0/s1. The smallest absolute Gasteiger partial charge is 0.329 e. The molecule has 3 N–H and O–H groups in total. The number of allylic oxidation sites excluding steroid dienone is 3. The Kier molecular flexibility index (Phi) is 18.7. The Morgan fingerprint density at radius 2 is 1.67 bits per heavy atom. The second-order valence-electron chi connectivity index (χ2n) is 17.7. The lowest BCUT2D eigenvalue weighted by atomic mass is 9.81. The van der Waals surface area contributed by atoms with Gasteiger partial charge in [-0.3, -0.25) is 9.59 Å². The highest BCUT2D eigenvalue weighted by molar-refractivity contribution is 6.39. The minimum absolute atomic E-state index is 0.00846. The molecule has 3 fully saturated rings. The van der Waals surface area contributed by atoms with E-state index in [1.165, 1.54) is 19.1 Å². The maximum atomic E-state index is 14.4. The summed E-state index contributed by atoms with van der Waals surface area (Å²) in [4.78, 5) is 49.6. The van der Waals surface area contributed by atoms with Crippen LogP contribution in [-0.2, 0) is 42.9 Å². The van der Waals surface area contributed by atoms with E-state index >= 15 is 0 Å². The third kappa shape index (κ3) is 12.0. The van der Waals surface area contributed by atoms with Crippen molar-refractivity contribution in [1.29, 1.82) is 5.26 Å². The zero-order valence-electron chi connectivity index (χ0n) is 37.2. The van der Waals surface area contributed by atoms with Crippen LogP contribution < -0.4 is 0 Å². The number of ketones is 1. The molecule has 2 saturated heterocycles. The Morgan fingerprint density at radius 1 is 0.983 bits per heavy atom. The van der Waals surface area contributed by atoms with E-state index in [1.807, 2.05) is 32.9 Å². The van der Waals surface area contributed by atoms with Crippen LogP contribution in [0.25, 0.3) is 0 Å². The topological polar surface area (TPSA) is 207 Å². The van der Waals surface area contributed by atoms with Crippen molar-refractivity contribution in [2.24, 2.45) is 34.7 Å². The first-order valence-electron chi connectivity index (χ1n) is 21.8. The fraction of sp³-hybridized carbons (Fsp3) is 0.800. The molecule has 0 spiro atoms. The van der Waals surface area contributed by atoms with Crippen LogP contribution in [0.5, 0.6) is 0 Å². The van der Waals surface area contributed by atoms with E-state index in [1.54, 1.807) is 21.0 Å². The number of carbonyl (C=O) groups excluding carboxylic acids is 3. The van der Waals surface area contributed by atoms with Gasteiger partial charge >= 0.3 is 5.97 Å². The van der Waals surface area contributed by atoms with E-state index in [0.717, 1.165) is 5.57 Å². The van der Waals surface area contributed by atoms with Gasteiger partial charge in [0.2, 0.25) is 12.4 Å². The van der Waals surface area contributed by atoms with Crippen LogP contribution in [0.3, 0.4) is 0 Å². The molecule has 60 heavy (non-hydrogen) atoms. The van der Waals surface area contributed by atoms with E-state index in [9.17, 15) is 35.0 Å². The number of hydrogen-bond acceptors (Lipinski definition) is 14. The first-order valence-corrected chi connectivity index (χ1v) is 21.8. The predicted octanol–water partition coefficient (Wildman–Crippen LogP) is 4.80. The van der Waals surface area contributed by atoms with Crippen LogP contribution >= 0.6 is 0 Å². The summed E-state index contributed by atoms with van der Waals surface area (Å²) in [6.07, 6.45) is 4.14. The van der Waals surface area contributed by atoms with Crippen LogP contribution in [-0.4, -0.2) is 133 Å². The van der Waals surface area contributed by atoms with Crippen LogP contribution in [0.2, 0.25) is 0 Å². The SMILES string of the molecule is CC[C@@H]1/C=C(\C)C[C@H](C)C[C@H](OC)[C@H]2O[C@@](O)(C(=O)C(=O)N3CCCC[C@H]3C(=O)O[C@H](/C(C)=C/[C@@H]3CC[C@@H](O)[C@H](OC)C3)[C@H](C)[C@@H](O)C/C1=N/OCC#N)[C@H](C)C[C@@H]2OC. The van der Waals surface area contributed by atoms with Gasteiger partial charge in [0.1, 0.15) is 24.3 Å². The number of nitriles is 1. The van der Waals surface area contributed by atoms with Crippen molar-refractivity contribution in [3.05, 3.63) is 23.3 Å². The number of methoxy groups -OCH3 is 3. The molecule has 3 heterocycles. The Bertz CT molecular complexity index is 1590. The monoisotopic (exact) mass is 846 g/mol. The van der Waals surface area contributed by atoms with Crippen molar-refractivity contribution in [1.82, 2.24) is 4.90 Å². The number of fused-ring (bicyclic) bond motifs is 3. The van der Waals surface area contributed by atoms with Crippen LogP contribution in [0.4, 0.5) is 0 Å². The minimum Gasteiger partial charge on any atom is -0.456 e. The molecule has 1 saturated carbocycles. The summed E-state index contributed by atoms with van der Waals surface area (Å²) in [7, 11) is 4.64. The summed E-state index contributed by atoms with van der Waals surface area (Å²) in [5.41, 5.74) is 2.25. The molecule has 3 aliphatic heterocycles. The Hall–Kier alpha value is -3.23. The molecule has 4 rings (SSSR count). The van der Waals surface area contributed by atoms with Gasteiger partial charge in [0.25, 0.3) is 11.7 Å². The van der Waals surface area contributed by atoms with Gasteiger partial charge in [-0.25, -0.2) is 4.79 Å². The number of esters is 1. The lowest BCUT2D eigenvalue weighted by Crippen LogP contribution is -2.64. The van der Waals surface area contributed by atoms with Gasteiger partial charge < -0.3 is 48.7 Å². The van der Waals surface area contributed by atoms with Gasteiger partial charge in [-0.1, -0.05) is 50.6 Å². The molecular weight excluding hydrogens is 775 g/mol. The minimum atomic E-state index is -2.51. The van der Waals surface area contributed by atoms with E-state index in [2.05, 4.69) is 18.2 Å². The second-order valence-corrected chi connectivity index (χ2v) is 17.7. The van der Waals surface area contributed by atoms with Crippen molar-refractivity contribution in [2.45, 2.75) is 167 Å². The zero-order chi connectivity index (χ0) is 44.3.